The van der Waals surface area contributed by atoms with Gasteiger partial charge in [-0.1, -0.05) is 23.7 Å². The smallest absolute Gasteiger partial charge is 0.176 e. The highest BCUT2D eigenvalue weighted by molar-refractivity contribution is 6.32. The maximum atomic E-state index is 13.0. The zero-order valence-corrected chi connectivity index (χ0v) is 13.1. The van der Waals surface area contributed by atoms with Crippen LogP contribution in [0, 0.1) is 5.82 Å². The standard InChI is InChI=1S/C17H19ClFNO2/c1-2-22-16-9-11(8-15(18)17(16)21)7-13(10-20)12-3-5-14(19)6-4-12/h3-6,8-9,13,21H,2,7,10,20H2,1H3. The van der Waals surface area contributed by atoms with E-state index in [-0.39, 0.29) is 22.5 Å². The van der Waals surface area contributed by atoms with Crippen molar-refractivity contribution in [1.82, 2.24) is 0 Å². The molecule has 2 rings (SSSR count). The molecule has 0 fully saturated rings. The largest absolute Gasteiger partial charge is 0.503 e. The topological polar surface area (TPSA) is 55.5 Å². The molecule has 3 N–H and O–H groups in total. The van der Waals surface area contributed by atoms with Crippen LogP contribution < -0.4 is 10.5 Å². The lowest BCUT2D eigenvalue weighted by Gasteiger charge is -2.17. The zero-order valence-electron chi connectivity index (χ0n) is 12.4. The Balaban J connectivity index is 2.25. The van der Waals surface area contributed by atoms with Crippen molar-refractivity contribution < 1.29 is 14.2 Å². The van der Waals surface area contributed by atoms with E-state index in [0.29, 0.717) is 25.3 Å². The first-order chi connectivity index (χ1) is 10.5. The zero-order chi connectivity index (χ0) is 16.1. The van der Waals surface area contributed by atoms with Gasteiger partial charge in [-0.05, 0) is 55.3 Å². The third-order valence-electron chi connectivity index (χ3n) is 3.50. The second kappa shape index (κ2) is 7.47. The number of nitrogens with two attached hydrogens (primary N) is 1. The number of rotatable bonds is 6. The molecule has 22 heavy (non-hydrogen) atoms. The Kier molecular flexibility index (Phi) is 5.63. The summed E-state index contributed by atoms with van der Waals surface area (Å²) in [6, 6.07) is 9.78. The van der Waals surface area contributed by atoms with E-state index in [1.807, 2.05) is 6.92 Å². The second-order valence-electron chi connectivity index (χ2n) is 5.05. The van der Waals surface area contributed by atoms with Crippen molar-refractivity contribution in [2.24, 2.45) is 5.73 Å². The summed E-state index contributed by atoms with van der Waals surface area (Å²) in [6.45, 7) is 2.70. The summed E-state index contributed by atoms with van der Waals surface area (Å²) in [5.74, 6) is 0.0692. The lowest BCUT2D eigenvalue weighted by atomic mass is 9.92. The molecule has 2 aromatic rings. The van der Waals surface area contributed by atoms with Crippen molar-refractivity contribution in [1.29, 1.82) is 0 Å². The molecule has 0 saturated carbocycles. The lowest BCUT2D eigenvalue weighted by molar-refractivity contribution is 0.318. The van der Waals surface area contributed by atoms with Crippen LogP contribution in [0.4, 0.5) is 4.39 Å². The van der Waals surface area contributed by atoms with Crippen LogP contribution in [0.2, 0.25) is 5.02 Å². The fraction of sp³-hybridized carbons (Fsp3) is 0.294. The average molecular weight is 324 g/mol. The van der Waals surface area contributed by atoms with Crippen LogP contribution in [0.25, 0.3) is 0 Å². The monoisotopic (exact) mass is 323 g/mol. The molecular formula is C17H19ClFNO2. The van der Waals surface area contributed by atoms with Gasteiger partial charge in [-0.15, -0.1) is 0 Å². The van der Waals surface area contributed by atoms with Crippen LogP contribution in [-0.2, 0) is 6.42 Å². The number of ether oxygens (including phenoxy) is 1. The van der Waals surface area contributed by atoms with E-state index in [0.717, 1.165) is 11.1 Å². The molecule has 0 spiro atoms. The van der Waals surface area contributed by atoms with Crippen molar-refractivity contribution in [2.75, 3.05) is 13.2 Å². The molecule has 0 aromatic heterocycles. The number of halogens is 2. The number of benzene rings is 2. The lowest BCUT2D eigenvalue weighted by Crippen LogP contribution is -2.15. The average Bonchev–Trinajstić information content (AvgIpc) is 2.51. The minimum atomic E-state index is -0.272. The van der Waals surface area contributed by atoms with E-state index >= 15 is 0 Å². The van der Waals surface area contributed by atoms with Crippen LogP contribution in [0.1, 0.15) is 24.0 Å². The van der Waals surface area contributed by atoms with Gasteiger partial charge in [0.05, 0.1) is 11.6 Å². The molecule has 0 aliphatic rings. The van der Waals surface area contributed by atoms with Crippen molar-refractivity contribution in [2.45, 2.75) is 19.3 Å². The second-order valence-corrected chi connectivity index (χ2v) is 5.45. The SMILES string of the molecule is CCOc1cc(CC(CN)c2ccc(F)cc2)cc(Cl)c1O. The minimum absolute atomic E-state index is 0.0377. The van der Waals surface area contributed by atoms with Crippen LogP contribution in [-0.4, -0.2) is 18.3 Å². The van der Waals surface area contributed by atoms with E-state index in [4.69, 9.17) is 22.1 Å². The molecule has 0 aliphatic heterocycles. The van der Waals surface area contributed by atoms with Gasteiger partial charge in [0.2, 0.25) is 0 Å². The maximum Gasteiger partial charge on any atom is 0.176 e. The Hall–Kier alpha value is -1.78. The molecule has 0 amide bonds. The molecule has 1 unspecified atom stereocenters. The fourth-order valence-corrected chi connectivity index (χ4v) is 2.60. The number of phenols is 1. The summed E-state index contributed by atoms with van der Waals surface area (Å²) in [7, 11) is 0. The van der Waals surface area contributed by atoms with E-state index in [1.54, 1.807) is 24.3 Å². The number of phenolic OH excluding ortho intramolecular Hbond substituents is 1. The van der Waals surface area contributed by atoms with Crippen LogP contribution in [0.5, 0.6) is 11.5 Å². The first kappa shape index (κ1) is 16.6. The van der Waals surface area contributed by atoms with Gasteiger partial charge in [-0.3, -0.25) is 0 Å². The maximum absolute atomic E-state index is 13.0. The molecule has 5 heteroatoms. The molecule has 0 aliphatic carbocycles. The first-order valence-corrected chi connectivity index (χ1v) is 7.52. The highest BCUT2D eigenvalue weighted by atomic mass is 35.5. The molecule has 3 nitrogen and oxygen atoms in total. The number of hydrogen-bond donors (Lipinski definition) is 2. The summed E-state index contributed by atoms with van der Waals surface area (Å²) < 4.78 is 18.4. The van der Waals surface area contributed by atoms with Crippen molar-refractivity contribution in [3.05, 3.63) is 58.4 Å². The quantitative estimate of drug-likeness (QED) is 0.848. The van der Waals surface area contributed by atoms with E-state index in [2.05, 4.69) is 0 Å². The van der Waals surface area contributed by atoms with Crippen molar-refractivity contribution in [3.63, 3.8) is 0 Å². The Labute approximate surface area is 134 Å². The Bertz CT molecular complexity index is 631. The van der Waals surface area contributed by atoms with Crippen LogP contribution in [0.3, 0.4) is 0 Å². The summed E-state index contributed by atoms with van der Waals surface area (Å²) >= 11 is 6.04. The summed E-state index contributed by atoms with van der Waals surface area (Å²) in [5.41, 5.74) is 7.72. The number of hydrogen-bond acceptors (Lipinski definition) is 3. The molecule has 0 heterocycles. The molecule has 0 saturated heterocycles. The molecule has 0 bridgehead atoms. The van der Waals surface area contributed by atoms with Gasteiger partial charge < -0.3 is 15.6 Å². The van der Waals surface area contributed by atoms with E-state index < -0.39 is 0 Å². The molecule has 1 atom stereocenters. The minimum Gasteiger partial charge on any atom is -0.503 e. The summed E-state index contributed by atoms with van der Waals surface area (Å²) in [4.78, 5) is 0. The number of aromatic hydroxyl groups is 1. The Morgan fingerprint density at radius 3 is 2.55 bits per heavy atom. The van der Waals surface area contributed by atoms with E-state index in [1.165, 1.54) is 12.1 Å². The predicted molar refractivity (Wildman–Crippen MR) is 86.2 cm³/mol. The van der Waals surface area contributed by atoms with Gasteiger partial charge in [0.1, 0.15) is 5.82 Å². The molecular weight excluding hydrogens is 305 g/mol. The van der Waals surface area contributed by atoms with E-state index in [9.17, 15) is 9.50 Å². The third kappa shape index (κ3) is 3.90. The summed E-state index contributed by atoms with van der Waals surface area (Å²) in [5, 5.41) is 10.1. The highest BCUT2D eigenvalue weighted by Crippen LogP contribution is 2.36. The Morgan fingerprint density at radius 2 is 1.95 bits per heavy atom. The first-order valence-electron chi connectivity index (χ1n) is 7.14. The van der Waals surface area contributed by atoms with Crippen LogP contribution in [0.15, 0.2) is 36.4 Å². The fourth-order valence-electron chi connectivity index (χ4n) is 2.37. The molecule has 118 valence electrons. The van der Waals surface area contributed by atoms with Gasteiger partial charge in [0, 0.05) is 5.92 Å². The van der Waals surface area contributed by atoms with Gasteiger partial charge in [-0.25, -0.2) is 4.39 Å². The van der Waals surface area contributed by atoms with Gasteiger partial charge in [-0.2, -0.15) is 0 Å². The molecule has 0 radical (unpaired) electrons. The van der Waals surface area contributed by atoms with Gasteiger partial charge in [0.25, 0.3) is 0 Å². The highest BCUT2D eigenvalue weighted by Gasteiger charge is 2.15. The van der Waals surface area contributed by atoms with Gasteiger partial charge >= 0.3 is 0 Å². The third-order valence-corrected chi connectivity index (χ3v) is 3.78. The molecule has 2 aromatic carbocycles. The van der Waals surface area contributed by atoms with Crippen LogP contribution >= 0.6 is 11.6 Å². The van der Waals surface area contributed by atoms with Crippen molar-refractivity contribution in [3.8, 4) is 11.5 Å². The van der Waals surface area contributed by atoms with Gasteiger partial charge in [0.15, 0.2) is 11.5 Å². The Morgan fingerprint density at radius 1 is 1.27 bits per heavy atom. The normalized spacial score (nSPS) is 12.2. The summed E-state index contributed by atoms with van der Waals surface area (Å²) in [6.07, 6.45) is 0.627. The predicted octanol–water partition coefficient (Wildman–Crippen LogP) is 3.87. The van der Waals surface area contributed by atoms with Crippen molar-refractivity contribution >= 4 is 11.6 Å².